The van der Waals surface area contributed by atoms with E-state index >= 15 is 0 Å². The van der Waals surface area contributed by atoms with Crippen LogP contribution in [0.1, 0.15) is 31.2 Å². The van der Waals surface area contributed by atoms with E-state index in [1.165, 1.54) is 0 Å². The first-order valence-electron chi connectivity index (χ1n) is 8.70. The average Bonchev–Trinajstić information content (AvgIpc) is 2.62. The van der Waals surface area contributed by atoms with Gasteiger partial charge in [-0.2, -0.15) is 13.2 Å². The van der Waals surface area contributed by atoms with Crippen LogP contribution >= 0.6 is 0 Å². The van der Waals surface area contributed by atoms with Gasteiger partial charge in [-0.15, -0.1) is 0 Å². The molecule has 3 heterocycles. The summed E-state index contributed by atoms with van der Waals surface area (Å²) in [5.74, 6) is -1.28. The van der Waals surface area contributed by atoms with E-state index < -0.39 is 17.6 Å². The highest BCUT2D eigenvalue weighted by molar-refractivity contribution is 5.79. The fourth-order valence-electron chi connectivity index (χ4n) is 3.33. The monoisotopic (exact) mass is 375 g/mol. The maximum absolute atomic E-state index is 14.0. The summed E-state index contributed by atoms with van der Waals surface area (Å²) in [5.41, 5.74) is -1.11. The summed E-state index contributed by atoms with van der Waals surface area (Å²) in [6.45, 7) is 2.03. The zero-order chi connectivity index (χ0) is 18.7. The number of nitrogens with zero attached hydrogens (tertiary/aromatic N) is 2. The predicted molar refractivity (Wildman–Crippen MR) is 86.1 cm³/mol. The van der Waals surface area contributed by atoms with Gasteiger partial charge < -0.3 is 15.0 Å². The van der Waals surface area contributed by atoms with Gasteiger partial charge in [0, 0.05) is 44.5 Å². The minimum absolute atomic E-state index is 0.0163. The molecular weight excluding hydrogens is 354 g/mol. The van der Waals surface area contributed by atoms with Gasteiger partial charge >= 0.3 is 6.18 Å². The summed E-state index contributed by atoms with van der Waals surface area (Å²) in [4.78, 5) is 17.6. The minimum Gasteiger partial charge on any atom is -0.381 e. The number of carbonyl (C=O) groups is 1. The van der Waals surface area contributed by atoms with Crippen molar-refractivity contribution in [2.24, 2.45) is 5.92 Å². The number of anilines is 1. The molecule has 0 spiro atoms. The van der Waals surface area contributed by atoms with Gasteiger partial charge in [0.25, 0.3) is 0 Å². The average molecular weight is 375 g/mol. The van der Waals surface area contributed by atoms with Crippen LogP contribution in [-0.2, 0) is 15.7 Å². The molecule has 0 saturated carbocycles. The Morgan fingerprint density at radius 3 is 2.42 bits per heavy atom. The number of alkyl halides is 3. The molecule has 1 N–H and O–H groups in total. The van der Waals surface area contributed by atoms with Crippen molar-refractivity contribution in [3.63, 3.8) is 0 Å². The Labute approximate surface area is 148 Å². The van der Waals surface area contributed by atoms with E-state index in [9.17, 15) is 22.4 Å². The molecule has 1 aromatic heterocycles. The zero-order valence-electron chi connectivity index (χ0n) is 14.2. The van der Waals surface area contributed by atoms with Crippen LogP contribution in [0.15, 0.2) is 12.3 Å². The molecule has 0 radical (unpaired) electrons. The maximum Gasteiger partial charge on any atom is 0.417 e. The number of hydrogen-bond donors (Lipinski definition) is 1. The lowest BCUT2D eigenvalue weighted by atomic mass is 9.95. The molecule has 2 aliphatic rings. The molecule has 26 heavy (non-hydrogen) atoms. The molecule has 144 valence electrons. The van der Waals surface area contributed by atoms with Gasteiger partial charge in [0.05, 0.1) is 5.56 Å². The molecule has 0 bridgehead atoms. The Hall–Kier alpha value is -1.90. The summed E-state index contributed by atoms with van der Waals surface area (Å²) in [6, 6.07) is 0.593. The lowest BCUT2D eigenvalue weighted by molar-refractivity contribution is -0.138. The van der Waals surface area contributed by atoms with Gasteiger partial charge in [-0.1, -0.05) is 0 Å². The number of carbonyl (C=O) groups excluding carboxylic acids is 1. The molecular formula is C17H21F4N3O2. The molecule has 0 unspecified atom stereocenters. The van der Waals surface area contributed by atoms with E-state index in [2.05, 4.69) is 10.3 Å². The summed E-state index contributed by atoms with van der Waals surface area (Å²) >= 11 is 0. The highest BCUT2D eigenvalue weighted by Crippen LogP contribution is 2.32. The first kappa shape index (κ1) is 18.9. The van der Waals surface area contributed by atoms with Crippen LogP contribution in [-0.4, -0.2) is 43.2 Å². The van der Waals surface area contributed by atoms with Crippen LogP contribution in [0.25, 0.3) is 0 Å². The SMILES string of the molecule is O=C(NC1CCOCC1)C1CCN(c2ncc(C(F)(F)F)cc2F)CC1. The number of hydrogen-bond acceptors (Lipinski definition) is 4. The van der Waals surface area contributed by atoms with Crippen LogP contribution in [0, 0.1) is 11.7 Å². The smallest absolute Gasteiger partial charge is 0.381 e. The van der Waals surface area contributed by atoms with E-state index in [4.69, 9.17) is 4.74 Å². The van der Waals surface area contributed by atoms with Gasteiger partial charge in [0.1, 0.15) is 0 Å². The number of rotatable bonds is 3. The summed E-state index contributed by atoms with van der Waals surface area (Å²) in [5, 5.41) is 3.03. The molecule has 1 aromatic rings. The van der Waals surface area contributed by atoms with Crippen LogP contribution in [0.3, 0.4) is 0 Å². The lowest BCUT2D eigenvalue weighted by Crippen LogP contribution is -2.45. The quantitative estimate of drug-likeness (QED) is 0.826. The third-order valence-electron chi connectivity index (χ3n) is 4.88. The molecule has 0 aromatic carbocycles. The number of ether oxygens (including phenoxy) is 1. The fraction of sp³-hybridized carbons (Fsp3) is 0.647. The zero-order valence-corrected chi connectivity index (χ0v) is 14.2. The molecule has 2 saturated heterocycles. The third-order valence-corrected chi connectivity index (χ3v) is 4.88. The Bertz CT molecular complexity index is 639. The summed E-state index contributed by atoms with van der Waals surface area (Å²) in [7, 11) is 0. The van der Waals surface area contributed by atoms with E-state index in [1.807, 2.05) is 0 Å². The first-order valence-corrected chi connectivity index (χ1v) is 8.70. The van der Waals surface area contributed by atoms with Crippen LogP contribution in [0.4, 0.5) is 23.4 Å². The van der Waals surface area contributed by atoms with Crippen LogP contribution in [0.5, 0.6) is 0 Å². The second kappa shape index (κ2) is 7.77. The van der Waals surface area contributed by atoms with Crippen LogP contribution in [0.2, 0.25) is 0 Å². The Morgan fingerprint density at radius 2 is 1.85 bits per heavy atom. The molecule has 0 atom stereocenters. The Balaban J connectivity index is 1.55. The number of pyridine rings is 1. The normalized spacial score (nSPS) is 20.2. The molecule has 9 heteroatoms. The van der Waals surface area contributed by atoms with Gasteiger partial charge in [0.2, 0.25) is 5.91 Å². The van der Waals surface area contributed by atoms with E-state index in [1.54, 1.807) is 4.90 Å². The van der Waals surface area contributed by atoms with E-state index in [-0.39, 0.29) is 23.7 Å². The number of aromatic nitrogens is 1. The maximum atomic E-state index is 14.0. The molecule has 0 aliphatic carbocycles. The first-order chi connectivity index (χ1) is 12.3. The van der Waals surface area contributed by atoms with Crippen molar-refractivity contribution in [3.8, 4) is 0 Å². The van der Waals surface area contributed by atoms with Crippen LogP contribution < -0.4 is 10.2 Å². The lowest BCUT2D eigenvalue weighted by Gasteiger charge is -2.33. The number of piperidine rings is 1. The Kier molecular flexibility index (Phi) is 5.64. The third kappa shape index (κ3) is 4.44. The van der Waals surface area contributed by atoms with E-state index in [0.717, 1.165) is 12.8 Å². The van der Waals surface area contributed by atoms with Crippen molar-refractivity contribution < 1.29 is 27.1 Å². The molecule has 2 aliphatic heterocycles. The number of amides is 1. The van der Waals surface area contributed by atoms with Crippen molar-refractivity contribution in [3.05, 3.63) is 23.6 Å². The highest BCUT2D eigenvalue weighted by Gasteiger charge is 2.33. The van der Waals surface area contributed by atoms with Gasteiger partial charge in [-0.05, 0) is 31.7 Å². The number of halogens is 4. The Morgan fingerprint density at radius 1 is 1.19 bits per heavy atom. The molecule has 3 rings (SSSR count). The summed E-state index contributed by atoms with van der Waals surface area (Å²) < 4.78 is 57.1. The molecule has 2 fully saturated rings. The van der Waals surface area contributed by atoms with E-state index in [0.29, 0.717) is 51.4 Å². The van der Waals surface area contributed by atoms with Crippen molar-refractivity contribution in [1.29, 1.82) is 0 Å². The van der Waals surface area contributed by atoms with Crippen molar-refractivity contribution in [2.45, 2.75) is 37.9 Å². The topological polar surface area (TPSA) is 54.5 Å². The summed E-state index contributed by atoms with van der Waals surface area (Å²) in [6.07, 6.45) is -1.37. The van der Waals surface area contributed by atoms with Crippen molar-refractivity contribution >= 4 is 11.7 Å². The largest absolute Gasteiger partial charge is 0.417 e. The van der Waals surface area contributed by atoms with Gasteiger partial charge in [-0.25, -0.2) is 9.37 Å². The second-order valence-electron chi connectivity index (χ2n) is 6.68. The number of nitrogens with one attached hydrogen (secondary N) is 1. The van der Waals surface area contributed by atoms with Crippen molar-refractivity contribution in [2.75, 3.05) is 31.2 Å². The highest BCUT2D eigenvalue weighted by atomic mass is 19.4. The predicted octanol–water partition coefficient (Wildman–Crippen LogP) is 2.75. The standard InChI is InChI=1S/C17H21F4N3O2/c18-14-9-12(17(19,20)21)10-22-15(14)24-5-1-11(2-6-24)16(25)23-13-3-7-26-8-4-13/h9-11,13H,1-8H2,(H,23,25). The fourth-order valence-corrected chi connectivity index (χ4v) is 3.33. The minimum atomic E-state index is -4.62. The molecule has 5 nitrogen and oxygen atoms in total. The van der Waals surface area contributed by atoms with Crippen molar-refractivity contribution in [1.82, 2.24) is 10.3 Å². The second-order valence-corrected chi connectivity index (χ2v) is 6.68. The molecule has 1 amide bonds. The van der Waals surface area contributed by atoms with Gasteiger partial charge in [0.15, 0.2) is 11.6 Å². The van der Waals surface area contributed by atoms with Gasteiger partial charge in [-0.3, -0.25) is 4.79 Å².